The summed E-state index contributed by atoms with van der Waals surface area (Å²) in [6.45, 7) is 1.72. The van der Waals surface area contributed by atoms with Crippen LogP contribution in [-0.4, -0.2) is 28.2 Å². The summed E-state index contributed by atoms with van der Waals surface area (Å²) in [5.41, 5.74) is 0.621. The van der Waals surface area contributed by atoms with Gasteiger partial charge >= 0.3 is 5.97 Å². The fourth-order valence-corrected chi connectivity index (χ4v) is 2.07. The summed E-state index contributed by atoms with van der Waals surface area (Å²) in [6.07, 6.45) is -0.397. The van der Waals surface area contributed by atoms with E-state index in [-0.39, 0.29) is 24.7 Å². The number of azo groups is 1. The van der Waals surface area contributed by atoms with Gasteiger partial charge in [0, 0.05) is 5.39 Å². The number of nitriles is 1. The summed E-state index contributed by atoms with van der Waals surface area (Å²) >= 11 is 0. The van der Waals surface area contributed by atoms with Gasteiger partial charge < -0.3 is 9.84 Å². The predicted octanol–water partition coefficient (Wildman–Crippen LogP) is 2.43. The maximum Gasteiger partial charge on any atom is 0.326 e. The van der Waals surface area contributed by atoms with E-state index in [1.54, 1.807) is 37.3 Å². The van der Waals surface area contributed by atoms with Crippen LogP contribution < -0.4 is 0 Å². The van der Waals surface area contributed by atoms with Crippen LogP contribution in [0.5, 0.6) is 5.88 Å². The minimum absolute atomic E-state index is 0.0659. The Morgan fingerprint density at radius 2 is 2.13 bits per heavy atom. The molecule has 0 spiro atoms. The third kappa shape index (κ3) is 3.52. The molecule has 8 heteroatoms. The maximum atomic E-state index is 11.7. The lowest BCUT2D eigenvalue weighted by Gasteiger charge is -2.06. The molecule has 0 fully saturated rings. The molecule has 1 aromatic heterocycles. The Balaban J connectivity index is 2.46. The monoisotopic (exact) mass is 314 g/mol. The molecule has 0 aliphatic rings. The van der Waals surface area contributed by atoms with E-state index in [9.17, 15) is 14.7 Å². The average molecular weight is 314 g/mol. The zero-order chi connectivity index (χ0) is 16.8. The Morgan fingerprint density at radius 1 is 1.39 bits per heavy atom. The van der Waals surface area contributed by atoms with Gasteiger partial charge in [-0.2, -0.15) is 5.26 Å². The average Bonchev–Trinajstić information content (AvgIpc) is 2.78. The first-order chi connectivity index (χ1) is 11.1. The number of fused-ring (bicyclic) bond motifs is 1. The Kier molecular flexibility index (Phi) is 5.04. The van der Waals surface area contributed by atoms with Crippen molar-refractivity contribution in [2.75, 3.05) is 6.61 Å². The molecule has 0 saturated heterocycles. The van der Waals surface area contributed by atoms with Gasteiger partial charge in [-0.15, -0.1) is 10.2 Å². The predicted molar refractivity (Wildman–Crippen MR) is 80.0 cm³/mol. The van der Waals surface area contributed by atoms with Gasteiger partial charge in [0.2, 0.25) is 5.88 Å². The van der Waals surface area contributed by atoms with E-state index in [0.717, 1.165) is 0 Å². The number of benzene rings is 1. The van der Waals surface area contributed by atoms with Crippen molar-refractivity contribution in [1.29, 1.82) is 5.26 Å². The van der Waals surface area contributed by atoms with E-state index in [1.807, 2.05) is 0 Å². The van der Waals surface area contributed by atoms with Crippen molar-refractivity contribution in [2.24, 2.45) is 10.2 Å². The largest absolute Gasteiger partial charge is 0.493 e. The fraction of sp³-hybridized carbons (Fsp3) is 0.267. The number of para-hydroxylation sites is 1. The number of carbonyl (C=O) groups excluding carboxylic acids is 2. The molecule has 0 atom stereocenters. The second-order valence-electron chi connectivity index (χ2n) is 4.51. The highest BCUT2D eigenvalue weighted by molar-refractivity contribution is 5.96. The van der Waals surface area contributed by atoms with E-state index in [2.05, 4.69) is 10.2 Å². The zero-order valence-corrected chi connectivity index (χ0v) is 12.4. The summed E-state index contributed by atoms with van der Waals surface area (Å²) in [4.78, 5) is 23.0. The van der Waals surface area contributed by atoms with Gasteiger partial charge in [0.05, 0.1) is 18.2 Å². The topological polar surface area (TPSA) is 117 Å². The standard InChI is InChI=1S/C15H14N4O4/c1-2-23-13(21)9-19-11-6-4-3-5-10(11)14(15(19)22)18-17-12(20)7-8-16/h3-6,22H,2,7,9H2,1H3. The van der Waals surface area contributed by atoms with Gasteiger partial charge in [-0.1, -0.05) is 18.2 Å². The van der Waals surface area contributed by atoms with E-state index in [4.69, 9.17) is 10.00 Å². The minimum Gasteiger partial charge on any atom is -0.493 e. The number of ether oxygens (including phenoxy) is 1. The lowest BCUT2D eigenvalue weighted by molar-refractivity contribution is -0.143. The quantitative estimate of drug-likeness (QED) is 0.671. The van der Waals surface area contributed by atoms with Crippen molar-refractivity contribution < 1.29 is 19.4 Å². The summed E-state index contributed by atoms with van der Waals surface area (Å²) in [5.74, 6) is -1.52. The fourth-order valence-electron chi connectivity index (χ4n) is 2.07. The molecule has 0 aliphatic heterocycles. The molecular weight excluding hydrogens is 300 g/mol. The van der Waals surface area contributed by atoms with E-state index >= 15 is 0 Å². The van der Waals surface area contributed by atoms with Crippen LogP contribution in [0, 0.1) is 11.3 Å². The number of esters is 1. The number of hydrogen-bond donors (Lipinski definition) is 1. The van der Waals surface area contributed by atoms with Crippen LogP contribution in [0.15, 0.2) is 34.5 Å². The van der Waals surface area contributed by atoms with Crippen LogP contribution in [0.4, 0.5) is 5.69 Å². The first kappa shape index (κ1) is 16.2. The molecule has 2 aromatic rings. The highest BCUT2D eigenvalue weighted by Gasteiger charge is 2.19. The number of aromatic hydroxyl groups is 1. The number of carbonyl (C=O) groups is 2. The first-order valence-electron chi connectivity index (χ1n) is 6.85. The third-order valence-electron chi connectivity index (χ3n) is 3.00. The summed E-state index contributed by atoms with van der Waals surface area (Å²) in [7, 11) is 0. The molecule has 0 unspecified atom stereocenters. The normalized spacial score (nSPS) is 10.8. The summed E-state index contributed by atoms with van der Waals surface area (Å²) in [6, 6.07) is 8.52. The molecule has 0 aliphatic carbocycles. The van der Waals surface area contributed by atoms with Crippen LogP contribution in [-0.2, 0) is 20.9 Å². The lowest BCUT2D eigenvalue weighted by Crippen LogP contribution is -2.12. The number of nitrogens with zero attached hydrogens (tertiary/aromatic N) is 4. The number of hydrogen-bond acceptors (Lipinski definition) is 6. The second kappa shape index (κ2) is 7.17. The minimum atomic E-state index is -0.714. The molecule has 0 radical (unpaired) electrons. The highest BCUT2D eigenvalue weighted by atomic mass is 16.5. The van der Waals surface area contributed by atoms with Crippen molar-refractivity contribution in [3.63, 3.8) is 0 Å². The highest BCUT2D eigenvalue weighted by Crippen LogP contribution is 2.38. The maximum absolute atomic E-state index is 11.7. The van der Waals surface area contributed by atoms with Crippen LogP contribution >= 0.6 is 0 Å². The molecular formula is C15H14N4O4. The second-order valence-corrected chi connectivity index (χ2v) is 4.51. The van der Waals surface area contributed by atoms with Crippen LogP contribution in [0.25, 0.3) is 10.9 Å². The Bertz CT molecular complexity index is 817. The molecule has 23 heavy (non-hydrogen) atoms. The summed E-state index contributed by atoms with van der Waals surface area (Å²) in [5, 5.41) is 26.4. The van der Waals surface area contributed by atoms with Gasteiger partial charge in [0.1, 0.15) is 13.0 Å². The zero-order valence-electron chi connectivity index (χ0n) is 12.4. The Labute approximate surface area is 131 Å². The molecule has 2 rings (SSSR count). The van der Waals surface area contributed by atoms with Gasteiger partial charge in [-0.05, 0) is 13.0 Å². The van der Waals surface area contributed by atoms with Crippen molar-refractivity contribution >= 4 is 28.5 Å². The van der Waals surface area contributed by atoms with Crippen molar-refractivity contribution in [3.05, 3.63) is 24.3 Å². The van der Waals surface area contributed by atoms with Crippen LogP contribution in [0.1, 0.15) is 13.3 Å². The first-order valence-corrected chi connectivity index (χ1v) is 6.85. The molecule has 0 bridgehead atoms. The lowest BCUT2D eigenvalue weighted by atomic mass is 10.2. The summed E-state index contributed by atoms with van der Waals surface area (Å²) < 4.78 is 6.20. The molecule has 0 saturated carbocycles. The van der Waals surface area contributed by atoms with Crippen molar-refractivity contribution in [1.82, 2.24) is 4.57 Å². The molecule has 1 heterocycles. The SMILES string of the molecule is CCOC(=O)Cn1c(O)c(N=NC(=O)CC#N)c2ccccc21. The van der Waals surface area contributed by atoms with Gasteiger partial charge in [0.25, 0.3) is 5.91 Å². The van der Waals surface area contributed by atoms with E-state index < -0.39 is 18.3 Å². The number of amides is 1. The molecule has 1 N–H and O–H groups in total. The van der Waals surface area contributed by atoms with Crippen molar-refractivity contribution in [2.45, 2.75) is 19.9 Å². The molecule has 118 valence electrons. The van der Waals surface area contributed by atoms with Crippen LogP contribution in [0.2, 0.25) is 0 Å². The van der Waals surface area contributed by atoms with E-state index in [1.165, 1.54) is 4.57 Å². The smallest absolute Gasteiger partial charge is 0.326 e. The van der Waals surface area contributed by atoms with E-state index in [0.29, 0.717) is 10.9 Å². The number of rotatable bonds is 5. The van der Waals surface area contributed by atoms with Gasteiger partial charge in [0.15, 0.2) is 5.69 Å². The van der Waals surface area contributed by atoms with Crippen LogP contribution in [0.3, 0.4) is 0 Å². The Morgan fingerprint density at radius 3 is 2.83 bits per heavy atom. The number of aromatic nitrogens is 1. The molecule has 8 nitrogen and oxygen atoms in total. The van der Waals surface area contributed by atoms with Crippen molar-refractivity contribution in [3.8, 4) is 11.9 Å². The molecule has 1 amide bonds. The molecule has 1 aromatic carbocycles. The van der Waals surface area contributed by atoms with Gasteiger partial charge in [-0.3, -0.25) is 14.2 Å². The third-order valence-corrected chi connectivity index (χ3v) is 3.00. The van der Waals surface area contributed by atoms with Gasteiger partial charge in [-0.25, -0.2) is 0 Å². The Hall–Kier alpha value is -3.21.